The molecule has 0 spiro atoms. The van der Waals surface area contributed by atoms with Crippen molar-refractivity contribution in [3.05, 3.63) is 0 Å². The number of thioether (sulfide) groups is 1. The number of carbonyl (C=O) groups is 7. The molecular formula is C33H55NO12S. The number of ether oxygens (including phenoxy) is 5. The SMILES string of the molecule is CCC(C)[C@H](CC(=O)OC(C)(C)C)C(=O)N[C@H](CCC(=O)C[C@H](CSC[C@H](CC(=O)OC(C)(C)C)C(=O)OC)C(=O)OC)C(=O)OC. The molecule has 13 nitrogen and oxygen atoms in total. The van der Waals surface area contributed by atoms with Gasteiger partial charge in [-0.25, -0.2) is 4.79 Å². The number of hydrogen-bond acceptors (Lipinski definition) is 13. The highest BCUT2D eigenvalue weighted by Gasteiger charge is 2.33. The smallest absolute Gasteiger partial charge is 0.328 e. The van der Waals surface area contributed by atoms with Crippen molar-refractivity contribution in [2.24, 2.45) is 23.7 Å². The minimum Gasteiger partial charge on any atom is -0.469 e. The molecule has 0 fully saturated rings. The van der Waals surface area contributed by atoms with Gasteiger partial charge in [-0.3, -0.25) is 28.8 Å². The molecule has 0 aliphatic heterocycles. The fourth-order valence-electron chi connectivity index (χ4n) is 4.44. The lowest BCUT2D eigenvalue weighted by Crippen LogP contribution is -2.46. The van der Waals surface area contributed by atoms with E-state index in [9.17, 15) is 33.6 Å². The lowest BCUT2D eigenvalue weighted by Gasteiger charge is -2.26. The van der Waals surface area contributed by atoms with Crippen LogP contribution in [-0.2, 0) is 57.2 Å². The molecule has 14 heteroatoms. The van der Waals surface area contributed by atoms with E-state index in [0.717, 1.165) is 7.11 Å². The summed E-state index contributed by atoms with van der Waals surface area (Å²) in [6.07, 6.45) is -0.284. The first kappa shape index (κ1) is 43.8. The van der Waals surface area contributed by atoms with Crippen LogP contribution in [-0.4, -0.2) is 91.6 Å². The van der Waals surface area contributed by atoms with Gasteiger partial charge in [-0.05, 0) is 53.9 Å². The average molecular weight is 690 g/mol. The van der Waals surface area contributed by atoms with Gasteiger partial charge in [0.25, 0.3) is 0 Å². The standard InChI is InChI=1S/C33H55NO12S/c1-12-20(2)24(17-27(37)46-33(6,7)8)28(38)34-25(31(41)44-11)14-13-23(35)15-21(29(39)42-9)18-47-19-22(30(40)43-10)16-26(36)45-32(3,4)5/h20-22,24-25H,12-19H2,1-11H3,(H,34,38)/t20?,21-,22+,24+,25-/m1/s1. The predicted molar refractivity (Wildman–Crippen MR) is 175 cm³/mol. The summed E-state index contributed by atoms with van der Waals surface area (Å²) in [4.78, 5) is 88.4. The third-order valence-electron chi connectivity index (χ3n) is 7.00. The first-order chi connectivity index (χ1) is 21.7. The van der Waals surface area contributed by atoms with E-state index in [1.54, 1.807) is 41.5 Å². The number of amides is 1. The average Bonchev–Trinajstić information content (AvgIpc) is 2.97. The fraction of sp³-hybridized carbons (Fsp3) is 0.788. The van der Waals surface area contributed by atoms with Crippen molar-refractivity contribution in [3.8, 4) is 0 Å². The summed E-state index contributed by atoms with van der Waals surface area (Å²) in [5, 5.41) is 2.64. The summed E-state index contributed by atoms with van der Waals surface area (Å²) in [6.45, 7) is 14.0. The molecule has 0 heterocycles. The molecule has 0 rings (SSSR count). The van der Waals surface area contributed by atoms with Crippen LogP contribution < -0.4 is 5.32 Å². The third kappa shape index (κ3) is 18.7. The molecule has 270 valence electrons. The van der Waals surface area contributed by atoms with Crippen LogP contribution in [0.25, 0.3) is 0 Å². The Balaban J connectivity index is 5.47. The summed E-state index contributed by atoms with van der Waals surface area (Å²) in [5.74, 6) is -6.45. The van der Waals surface area contributed by atoms with Crippen LogP contribution in [0.4, 0.5) is 0 Å². The highest BCUT2D eigenvalue weighted by molar-refractivity contribution is 7.99. The van der Waals surface area contributed by atoms with E-state index in [2.05, 4.69) is 5.32 Å². The topological polar surface area (TPSA) is 178 Å². The van der Waals surface area contributed by atoms with Crippen LogP contribution in [0.2, 0.25) is 0 Å². The molecule has 1 N–H and O–H groups in total. The molecule has 0 aliphatic carbocycles. The Morgan fingerprint density at radius 3 is 1.55 bits per heavy atom. The van der Waals surface area contributed by atoms with E-state index in [0.29, 0.717) is 6.42 Å². The van der Waals surface area contributed by atoms with Gasteiger partial charge >= 0.3 is 29.8 Å². The van der Waals surface area contributed by atoms with Crippen molar-refractivity contribution in [1.82, 2.24) is 5.32 Å². The van der Waals surface area contributed by atoms with Crippen LogP contribution in [0.1, 0.15) is 93.9 Å². The van der Waals surface area contributed by atoms with Gasteiger partial charge in [0.05, 0.1) is 51.9 Å². The Hall–Kier alpha value is -3.16. The van der Waals surface area contributed by atoms with E-state index in [1.807, 2.05) is 13.8 Å². The van der Waals surface area contributed by atoms with Crippen molar-refractivity contribution in [1.29, 1.82) is 0 Å². The molecule has 1 amide bonds. The van der Waals surface area contributed by atoms with Crippen molar-refractivity contribution < 1.29 is 57.2 Å². The van der Waals surface area contributed by atoms with E-state index >= 15 is 0 Å². The maximum Gasteiger partial charge on any atom is 0.328 e. The summed E-state index contributed by atoms with van der Waals surface area (Å²) >= 11 is 1.19. The molecule has 0 aromatic carbocycles. The second kappa shape index (κ2) is 20.9. The van der Waals surface area contributed by atoms with Crippen LogP contribution in [0.5, 0.6) is 0 Å². The van der Waals surface area contributed by atoms with E-state index in [4.69, 9.17) is 23.7 Å². The molecule has 0 saturated heterocycles. The van der Waals surface area contributed by atoms with Crippen LogP contribution in [0.15, 0.2) is 0 Å². The molecule has 0 bridgehead atoms. The number of hydrogen-bond donors (Lipinski definition) is 1. The number of nitrogens with one attached hydrogen (secondary N) is 1. The van der Waals surface area contributed by atoms with E-state index in [1.165, 1.54) is 26.0 Å². The zero-order valence-corrected chi connectivity index (χ0v) is 30.7. The largest absolute Gasteiger partial charge is 0.469 e. The van der Waals surface area contributed by atoms with Crippen LogP contribution in [0.3, 0.4) is 0 Å². The van der Waals surface area contributed by atoms with Gasteiger partial charge in [0.1, 0.15) is 23.0 Å². The Bertz CT molecular complexity index is 1080. The Labute approximate surface area is 283 Å². The van der Waals surface area contributed by atoms with Gasteiger partial charge < -0.3 is 29.0 Å². The number of esters is 5. The summed E-state index contributed by atoms with van der Waals surface area (Å²) in [5.41, 5.74) is -1.46. The maximum absolute atomic E-state index is 13.3. The number of carbonyl (C=O) groups excluding carboxylic acids is 7. The van der Waals surface area contributed by atoms with Gasteiger partial charge in [-0.2, -0.15) is 11.8 Å². The van der Waals surface area contributed by atoms with Gasteiger partial charge in [0.15, 0.2) is 0 Å². The zero-order valence-electron chi connectivity index (χ0n) is 29.9. The molecular weight excluding hydrogens is 634 g/mol. The van der Waals surface area contributed by atoms with Crippen molar-refractivity contribution in [2.75, 3.05) is 32.8 Å². The molecule has 47 heavy (non-hydrogen) atoms. The number of methoxy groups -OCH3 is 3. The Kier molecular flexibility index (Phi) is 19.5. The van der Waals surface area contributed by atoms with Crippen molar-refractivity contribution in [2.45, 2.75) is 111 Å². The normalized spacial score (nSPS) is 14.8. The van der Waals surface area contributed by atoms with Crippen molar-refractivity contribution in [3.63, 3.8) is 0 Å². The Morgan fingerprint density at radius 1 is 0.681 bits per heavy atom. The number of Topliss-reactive ketones (excluding diaryl/α,β-unsaturated/α-hetero) is 1. The Morgan fingerprint density at radius 2 is 1.13 bits per heavy atom. The molecule has 1 unspecified atom stereocenters. The van der Waals surface area contributed by atoms with Crippen molar-refractivity contribution >= 4 is 53.3 Å². The summed E-state index contributed by atoms with van der Waals surface area (Å²) in [6, 6.07) is -1.17. The highest BCUT2D eigenvalue weighted by atomic mass is 32.2. The molecule has 5 atom stereocenters. The molecule has 0 saturated carbocycles. The van der Waals surface area contributed by atoms with Gasteiger partial charge in [0.2, 0.25) is 5.91 Å². The minimum absolute atomic E-state index is 0.0990. The van der Waals surface area contributed by atoms with E-state index in [-0.39, 0.29) is 55.3 Å². The second-order valence-corrected chi connectivity index (χ2v) is 14.5. The first-order valence-corrected chi connectivity index (χ1v) is 16.9. The fourth-order valence-corrected chi connectivity index (χ4v) is 5.66. The van der Waals surface area contributed by atoms with E-state index < -0.39 is 70.8 Å². The summed E-state index contributed by atoms with van der Waals surface area (Å²) < 4.78 is 25.2. The molecule has 0 aromatic rings. The molecule has 0 radical (unpaired) electrons. The minimum atomic E-state index is -1.17. The molecule has 0 aromatic heterocycles. The monoisotopic (exact) mass is 689 g/mol. The third-order valence-corrected chi connectivity index (χ3v) is 8.28. The maximum atomic E-state index is 13.3. The lowest BCUT2D eigenvalue weighted by atomic mass is 9.87. The zero-order chi connectivity index (χ0) is 36.5. The molecule has 0 aliphatic rings. The van der Waals surface area contributed by atoms with Gasteiger partial charge in [0, 0.05) is 24.3 Å². The predicted octanol–water partition coefficient (Wildman–Crippen LogP) is 3.82. The van der Waals surface area contributed by atoms with Crippen LogP contribution >= 0.6 is 11.8 Å². The summed E-state index contributed by atoms with van der Waals surface area (Å²) in [7, 11) is 3.56. The van der Waals surface area contributed by atoms with Gasteiger partial charge in [-0.15, -0.1) is 0 Å². The highest BCUT2D eigenvalue weighted by Crippen LogP contribution is 2.24. The quantitative estimate of drug-likeness (QED) is 0.144. The number of rotatable bonds is 20. The second-order valence-electron chi connectivity index (χ2n) is 13.4. The van der Waals surface area contributed by atoms with Gasteiger partial charge in [-0.1, -0.05) is 20.3 Å². The van der Waals surface area contributed by atoms with Crippen LogP contribution in [0, 0.1) is 23.7 Å². The number of ketones is 1. The first-order valence-electron chi connectivity index (χ1n) is 15.7. The lowest BCUT2D eigenvalue weighted by molar-refractivity contribution is -0.160.